The van der Waals surface area contributed by atoms with Gasteiger partial charge in [0.05, 0.1) is 11.0 Å². The summed E-state index contributed by atoms with van der Waals surface area (Å²) in [6.07, 6.45) is 5.39. The topological polar surface area (TPSA) is 55.2 Å². The largest absolute Gasteiger partial charge is 0.372 e. The molecule has 3 atom stereocenters. The van der Waals surface area contributed by atoms with E-state index in [0.717, 1.165) is 12.0 Å². The molecular formula is C18H16N2O2. The summed E-state index contributed by atoms with van der Waals surface area (Å²) in [5, 5.41) is 14.8. The molecule has 2 aliphatic rings. The standard InChI is InChI=1S/C18H16N2O2/c21-20(22)16-11-5-10-15-13-8-4-9-14(13)17(19-18(15)16)12-6-2-1-3-7-12/h1-8,10-11,13-14,17,19H,9H2/t13-,14+,17+/m0/s1. The molecule has 1 aliphatic carbocycles. The van der Waals surface area contributed by atoms with Gasteiger partial charge in [-0.3, -0.25) is 10.1 Å². The van der Waals surface area contributed by atoms with Crippen LogP contribution in [-0.4, -0.2) is 4.92 Å². The Morgan fingerprint density at radius 1 is 1.09 bits per heavy atom. The molecule has 110 valence electrons. The van der Waals surface area contributed by atoms with Crippen LogP contribution in [0.2, 0.25) is 0 Å². The van der Waals surface area contributed by atoms with E-state index in [1.54, 1.807) is 12.1 Å². The van der Waals surface area contributed by atoms with Crippen LogP contribution in [0.4, 0.5) is 11.4 Å². The lowest BCUT2D eigenvalue weighted by Gasteiger charge is -2.37. The predicted octanol–water partition coefficient (Wildman–Crippen LogP) is 4.42. The first-order valence-electron chi connectivity index (χ1n) is 7.51. The Morgan fingerprint density at radius 2 is 1.91 bits per heavy atom. The number of para-hydroxylation sites is 1. The number of nitrogens with zero attached hydrogens (tertiary/aromatic N) is 1. The third-order valence-electron chi connectivity index (χ3n) is 4.73. The highest BCUT2D eigenvalue weighted by Gasteiger charge is 2.40. The second kappa shape index (κ2) is 4.98. The minimum Gasteiger partial charge on any atom is -0.372 e. The highest BCUT2D eigenvalue weighted by Crippen LogP contribution is 2.51. The Hall–Kier alpha value is -2.62. The average molecular weight is 292 g/mol. The third kappa shape index (κ3) is 1.91. The van der Waals surface area contributed by atoms with Gasteiger partial charge in [0, 0.05) is 12.0 Å². The van der Waals surface area contributed by atoms with Crippen molar-refractivity contribution in [3.63, 3.8) is 0 Å². The first kappa shape index (κ1) is 13.1. The molecular weight excluding hydrogens is 276 g/mol. The van der Waals surface area contributed by atoms with Crippen LogP contribution in [0.5, 0.6) is 0 Å². The van der Waals surface area contributed by atoms with Crippen LogP contribution in [-0.2, 0) is 0 Å². The molecule has 4 rings (SSSR count). The Kier molecular flexibility index (Phi) is 2.96. The summed E-state index contributed by atoms with van der Waals surface area (Å²) < 4.78 is 0. The van der Waals surface area contributed by atoms with Crippen molar-refractivity contribution in [3.05, 3.63) is 81.9 Å². The quantitative estimate of drug-likeness (QED) is 0.506. The average Bonchev–Trinajstić information content (AvgIpc) is 3.04. The fourth-order valence-electron chi connectivity index (χ4n) is 3.75. The molecule has 4 nitrogen and oxygen atoms in total. The maximum absolute atomic E-state index is 11.4. The summed E-state index contributed by atoms with van der Waals surface area (Å²) in [4.78, 5) is 11.1. The SMILES string of the molecule is O=[N+]([O-])c1cccc2c1N[C@H](c1ccccc1)[C@@H]1CC=C[C@H]21. The molecule has 0 bridgehead atoms. The highest BCUT2D eigenvalue weighted by molar-refractivity contribution is 5.71. The van der Waals surface area contributed by atoms with E-state index in [1.165, 1.54) is 5.56 Å². The van der Waals surface area contributed by atoms with Gasteiger partial charge in [0.15, 0.2) is 0 Å². The Labute approximate surface area is 128 Å². The molecule has 0 aromatic heterocycles. The first-order chi connectivity index (χ1) is 10.8. The number of fused-ring (bicyclic) bond motifs is 3. The normalized spacial score (nSPS) is 25.2. The van der Waals surface area contributed by atoms with E-state index in [2.05, 4.69) is 29.6 Å². The molecule has 4 heteroatoms. The first-order valence-corrected chi connectivity index (χ1v) is 7.51. The van der Waals surface area contributed by atoms with E-state index < -0.39 is 0 Å². The third-order valence-corrected chi connectivity index (χ3v) is 4.73. The predicted molar refractivity (Wildman–Crippen MR) is 85.9 cm³/mol. The van der Waals surface area contributed by atoms with Gasteiger partial charge >= 0.3 is 0 Å². The maximum atomic E-state index is 11.4. The highest BCUT2D eigenvalue weighted by atomic mass is 16.6. The molecule has 0 radical (unpaired) electrons. The number of benzene rings is 2. The van der Waals surface area contributed by atoms with Gasteiger partial charge in [-0.2, -0.15) is 0 Å². The molecule has 1 aliphatic heterocycles. The van der Waals surface area contributed by atoms with Crippen LogP contribution >= 0.6 is 0 Å². The van der Waals surface area contributed by atoms with Crippen molar-refractivity contribution >= 4 is 11.4 Å². The van der Waals surface area contributed by atoms with E-state index in [4.69, 9.17) is 0 Å². The fraction of sp³-hybridized carbons (Fsp3) is 0.222. The molecule has 1 N–H and O–H groups in total. The van der Waals surface area contributed by atoms with Crippen LogP contribution in [0, 0.1) is 16.0 Å². The number of hydrogen-bond acceptors (Lipinski definition) is 3. The number of nitrogens with one attached hydrogen (secondary N) is 1. The van der Waals surface area contributed by atoms with Gasteiger partial charge in [-0.15, -0.1) is 0 Å². The van der Waals surface area contributed by atoms with Crippen LogP contribution in [0.25, 0.3) is 0 Å². The summed E-state index contributed by atoms with van der Waals surface area (Å²) in [6.45, 7) is 0. The zero-order valence-corrected chi connectivity index (χ0v) is 12.0. The number of nitro benzene ring substituents is 1. The van der Waals surface area contributed by atoms with Crippen molar-refractivity contribution in [2.45, 2.75) is 18.4 Å². The van der Waals surface area contributed by atoms with Gasteiger partial charge in [0.1, 0.15) is 5.69 Å². The summed E-state index contributed by atoms with van der Waals surface area (Å²) in [6, 6.07) is 15.7. The number of hydrogen-bond donors (Lipinski definition) is 1. The van der Waals surface area contributed by atoms with Gasteiger partial charge in [-0.05, 0) is 23.5 Å². The molecule has 0 saturated heterocycles. The zero-order valence-electron chi connectivity index (χ0n) is 12.0. The van der Waals surface area contributed by atoms with Gasteiger partial charge in [0.2, 0.25) is 0 Å². The van der Waals surface area contributed by atoms with Gasteiger partial charge in [0.25, 0.3) is 5.69 Å². The van der Waals surface area contributed by atoms with Gasteiger partial charge in [-0.1, -0.05) is 54.6 Å². The van der Waals surface area contributed by atoms with Crippen molar-refractivity contribution in [1.29, 1.82) is 0 Å². The van der Waals surface area contributed by atoms with E-state index in [9.17, 15) is 10.1 Å². The monoisotopic (exact) mass is 292 g/mol. The number of allylic oxidation sites excluding steroid dienone is 2. The molecule has 0 amide bonds. The minimum atomic E-state index is -0.299. The molecule has 0 saturated carbocycles. The molecule has 2 aromatic carbocycles. The van der Waals surface area contributed by atoms with Crippen molar-refractivity contribution in [1.82, 2.24) is 0 Å². The minimum absolute atomic E-state index is 0.106. The van der Waals surface area contributed by atoms with Crippen LogP contribution in [0.3, 0.4) is 0 Å². The molecule has 2 aromatic rings. The van der Waals surface area contributed by atoms with Crippen LogP contribution in [0.15, 0.2) is 60.7 Å². The van der Waals surface area contributed by atoms with Gasteiger partial charge < -0.3 is 5.32 Å². The van der Waals surface area contributed by atoms with Gasteiger partial charge in [-0.25, -0.2) is 0 Å². The summed E-state index contributed by atoms with van der Waals surface area (Å²) in [7, 11) is 0. The molecule has 22 heavy (non-hydrogen) atoms. The van der Waals surface area contributed by atoms with Crippen molar-refractivity contribution in [2.75, 3.05) is 5.32 Å². The Balaban J connectivity index is 1.85. The van der Waals surface area contributed by atoms with E-state index >= 15 is 0 Å². The van der Waals surface area contributed by atoms with E-state index in [1.807, 2.05) is 24.3 Å². The lowest BCUT2D eigenvalue weighted by Crippen LogP contribution is -2.29. The van der Waals surface area contributed by atoms with Crippen LogP contribution in [0.1, 0.15) is 29.5 Å². The zero-order chi connectivity index (χ0) is 15.1. The van der Waals surface area contributed by atoms with Crippen molar-refractivity contribution in [3.8, 4) is 0 Å². The summed E-state index contributed by atoms with van der Waals surface area (Å²) >= 11 is 0. The van der Waals surface area contributed by atoms with Crippen LogP contribution < -0.4 is 5.32 Å². The van der Waals surface area contributed by atoms with E-state index in [-0.39, 0.29) is 22.6 Å². The molecule has 1 heterocycles. The number of rotatable bonds is 2. The maximum Gasteiger partial charge on any atom is 0.292 e. The van der Waals surface area contributed by atoms with Crippen molar-refractivity contribution < 1.29 is 4.92 Å². The number of nitro groups is 1. The molecule has 0 unspecified atom stereocenters. The summed E-state index contributed by atoms with van der Waals surface area (Å²) in [5.41, 5.74) is 3.07. The fourth-order valence-corrected chi connectivity index (χ4v) is 3.75. The Morgan fingerprint density at radius 3 is 2.68 bits per heavy atom. The second-order valence-electron chi connectivity index (χ2n) is 5.88. The summed E-state index contributed by atoms with van der Waals surface area (Å²) in [5.74, 6) is 0.665. The Bertz CT molecular complexity index is 755. The lowest BCUT2D eigenvalue weighted by molar-refractivity contribution is -0.384. The molecule has 0 fully saturated rings. The van der Waals surface area contributed by atoms with E-state index in [0.29, 0.717) is 11.6 Å². The number of anilines is 1. The van der Waals surface area contributed by atoms with Crippen molar-refractivity contribution in [2.24, 2.45) is 5.92 Å². The smallest absolute Gasteiger partial charge is 0.292 e. The molecule has 0 spiro atoms. The second-order valence-corrected chi connectivity index (χ2v) is 5.88. The lowest BCUT2D eigenvalue weighted by atomic mass is 9.77.